The Bertz CT molecular complexity index is 448. The minimum atomic E-state index is -0.976. The molecule has 0 saturated carbocycles. The van der Waals surface area contributed by atoms with E-state index in [1.54, 1.807) is 31.2 Å². The summed E-state index contributed by atoms with van der Waals surface area (Å²) in [6.07, 6.45) is 0.848. The molecule has 0 heterocycles. The Morgan fingerprint density at radius 2 is 1.94 bits per heavy atom. The van der Waals surface area contributed by atoms with Gasteiger partial charge in [-0.05, 0) is 19.1 Å². The molecular weight excluding hydrogens is 288 g/mol. The van der Waals surface area contributed by atoms with Gasteiger partial charge in [-0.15, -0.1) is 0 Å². The Kier molecular flexibility index (Phi) is 4.90. The molecule has 0 fully saturated rings. The van der Waals surface area contributed by atoms with E-state index in [2.05, 4.69) is 20.7 Å². The number of ketones is 1. The lowest BCUT2D eigenvalue weighted by Gasteiger charge is -2.00. The molecule has 0 aliphatic rings. The molecule has 0 bridgehead atoms. The summed E-state index contributed by atoms with van der Waals surface area (Å²) < 4.78 is 5.36. The van der Waals surface area contributed by atoms with Crippen molar-refractivity contribution in [3.05, 3.63) is 40.4 Å². The van der Waals surface area contributed by atoms with Gasteiger partial charge < -0.3 is 9.84 Å². The molecule has 0 amide bonds. The molecule has 1 N–H and O–H groups in total. The first-order valence-electron chi connectivity index (χ1n) is 4.92. The fraction of sp³-hybridized carbons (Fsp3) is 0.167. The van der Waals surface area contributed by atoms with Crippen LogP contribution < -0.4 is 0 Å². The molecular formula is C12H11BrO4. The maximum atomic E-state index is 11.3. The lowest BCUT2D eigenvalue weighted by atomic mass is 10.1. The van der Waals surface area contributed by atoms with E-state index in [9.17, 15) is 14.7 Å². The largest absolute Gasteiger partial charge is 0.507 e. The molecule has 17 heavy (non-hydrogen) atoms. The molecule has 0 aromatic heterocycles. The Morgan fingerprint density at radius 3 is 2.47 bits per heavy atom. The Balaban J connectivity index is 2.82. The molecule has 90 valence electrons. The normalized spacial score (nSPS) is 11.1. The van der Waals surface area contributed by atoms with Crippen molar-refractivity contribution >= 4 is 33.4 Å². The van der Waals surface area contributed by atoms with Crippen molar-refractivity contribution in [3.63, 3.8) is 0 Å². The maximum Gasteiger partial charge on any atom is 0.379 e. The summed E-state index contributed by atoms with van der Waals surface area (Å²) in [5.74, 6) is -2.13. The summed E-state index contributed by atoms with van der Waals surface area (Å²) in [6, 6.07) is 6.67. The smallest absolute Gasteiger partial charge is 0.379 e. The van der Waals surface area contributed by atoms with Gasteiger partial charge in [-0.2, -0.15) is 0 Å². The second-order valence-electron chi connectivity index (χ2n) is 3.12. The third kappa shape index (κ3) is 4.03. The van der Waals surface area contributed by atoms with E-state index in [4.69, 9.17) is 0 Å². The molecule has 4 nitrogen and oxygen atoms in total. The zero-order valence-electron chi connectivity index (χ0n) is 9.14. The van der Waals surface area contributed by atoms with Crippen molar-refractivity contribution in [2.24, 2.45) is 0 Å². The van der Waals surface area contributed by atoms with Crippen LogP contribution in [0.3, 0.4) is 0 Å². The molecule has 0 radical (unpaired) electrons. The fourth-order valence-corrected chi connectivity index (χ4v) is 1.35. The molecule has 1 aromatic rings. The number of rotatable bonds is 4. The summed E-state index contributed by atoms with van der Waals surface area (Å²) >= 11 is 3.25. The predicted octanol–water partition coefficient (Wildman–Crippen LogP) is 2.48. The zero-order chi connectivity index (χ0) is 12.8. The number of esters is 1. The second-order valence-corrected chi connectivity index (χ2v) is 4.04. The topological polar surface area (TPSA) is 63.6 Å². The fourth-order valence-electron chi connectivity index (χ4n) is 1.09. The summed E-state index contributed by atoms with van der Waals surface area (Å²) in [6.45, 7) is 1.72. The minimum Gasteiger partial charge on any atom is -0.507 e. The average molecular weight is 299 g/mol. The average Bonchev–Trinajstić information content (AvgIpc) is 2.30. The molecule has 0 unspecified atom stereocenters. The highest BCUT2D eigenvalue weighted by atomic mass is 79.9. The van der Waals surface area contributed by atoms with Gasteiger partial charge in [0.15, 0.2) is 0 Å². The van der Waals surface area contributed by atoms with E-state index >= 15 is 0 Å². The third-order valence-electron chi connectivity index (χ3n) is 1.88. The van der Waals surface area contributed by atoms with Crippen LogP contribution in [0.1, 0.15) is 12.5 Å². The van der Waals surface area contributed by atoms with Crippen LogP contribution in [-0.4, -0.2) is 23.5 Å². The maximum absolute atomic E-state index is 11.3. The number of halogens is 1. The highest BCUT2D eigenvalue weighted by Crippen LogP contribution is 2.15. The monoisotopic (exact) mass is 298 g/mol. The lowest BCUT2D eigenvalue weighted by Crippen LogP contribution is -2.15. The van der Waals surface area contributed by atoms with E-state index in [0.717, 1.165) is 10.5 Å². The quantitative estimate of drug-likeness (QED) is 0.401. The van der Waals surface area contributed by atoms with Crippen molar-refractivity contribution in [3.8, 4) is 0 Å². The lowest BCUT2D eigenvalue weighted by molar-refractivity contribution is -0.151. The number of carbonyl (C=O) groups is 2. The first kappa shape index (κ1) is 13.4. The van der Waals surface area contributed by atoms with Gasteiger partial charge in [0.1, 0.15) is 5.76 Å². The first-order chi connectivity index (χ1) is 8.04. The van der Waals surface area contributed by atoms with E-state index < -0.39 is 11.8 Å². The Hall–Kier alpha value is -1.62. The molecule has 1 aromatic carbocycles. The van der Waals surface area contributed by atoms with Gasteiger partial charge in [-0.25, -0.2) is 4.79 Å². The molecule has 1 rings (SSSR count). The SMILES string of the molecule is CCOC(=O)C(=O)/C=C(\O)c1ccc(Br)cc1. The second kappa shape index (κ2) is 6.20. The van der Waals surface area contributed by atoms with Crippen molar-refractivity contribution < 1.29 is 19.4 Å². The number of aliphatic hydroxyl groups excluding tert-OH is 1. The van der Waals surface area contributed by atoms with Crippen LogP contribution in [-0.2, 0) is 14.3 Å². The number of carbonyl (C=O) groups excluding carboxylic acids is 2. The number of hydrogen-bond acceptors (Lipinski definition) is 4. The van der Waals surface area contributed by atoms with Gasteiger partial charge in [0.25, 0.3) is 5.78 Å². The van der Waals surface area contributed by atoms with Crippen LogP contribution in [0.4, 0.5) is 0 Å². The summed E-state index contributed by atoms with van der Waals surface area (Å²) in [5.41, 5.74) is 0.450. The Labute approximate surface area is 107 Å². The van der Waals surface area contributed by atoms with Crippen molar-refractivity contribution in [2.75, 3.05) is 6.61 Å². The molecule has 0 saturated heterocycles. The van der Waals surface area contributed by atoms with Crippen LogP contribution in [0.25, 0.3) is 5.76 Å². The van der Waals surface area contributed by atoms with Gasteiger partial charge >= 0.3 is 5.97 Å². The minimum absolute atomic E-state index is 0.122. The van der Waals surface area contributed by atoms with Crippen LogP contribution >= 0.6 is 15.9 Å². The van der Waals surface area contributed by atoms with Gasteiger partial charge in [-0.3, -0.25) is 4.79 Å². The van der Waals surface area contributed by atoms with Crippen LogP contribution in [0.5, 0.6) is 0 Å². The van der Waals surface area contributed by atoms with Crippen LogP contribution in [0.2, 0.25) is 0 Å². The zero-order valence-corrected chi connectivity index (χ0v) is 10.7. The number of benzene rings is 1. The predicted molar refractivity (Wildman–Crippen MR) is 66.4 cm³/mol. The third-order valence-corrected chi connectivity index (χ3v) is 2.41. The summed E-state index contributed by atoms with van der Waals surface area (Å²) in [4.78, 5) is 22.3. The van der Waals surface area contributed by atoms with Crippen LogP contribution in [0, 0.1) is 0 Å². The van der Waals surface area contributed by atoms with Gasteiger partial charge in [0.05, 0.1) is 6.61 Å². The number of ether oxygens (including phenoxy) is 1. The molecule has 0 atom stereocenters. The highest BCUT2D eigenvalue weighted by Gasteiger charge is 2.13. The highest BCUT2D eigenvalue weighted by molar-refractivity contribution is 9.10. The van der Waals surface area contributed by atoms with E-state index in [-0.39, 0.29) is 12.4 Å². The van der Waals surface area contributed by atoms with E-state index in [0.29, 0.717) is 5.56 Å². The van der Waals surface area contributed by atoms with Gasteiger partial charge in [0.2, 0.25) is 0 Å². The van der Waals surface area contributed by atoms with Crippen molar-refractivity contribution in [1.82, 2.24) is 0 Å². The van der Waals surface area contributed by atoms with Crippen LogP contribution in [0.15, 0.2) is 34.8 Å². The van der Waals surface area contributed by atoms with E-state index in [1.165, 1.54) is 0 Å². The van der Waals surface area contributed by atoms with Gasteiger partial charge in [0, 0.05) is 16.1 Å². The van der Waals surface area contributed by atoms with E-state index in [1.807, 2.05) is 0 Å². The number of hydrogen-bond donors (Lipinski definition) is 1. The van der Waals surface area contributed by atoms with Gasteiger partial charge in [-0.1, -0.05) is 28.1 Å². The number of aliphatic hydroxyl groups is 1. The summed E-state index contributed by atoms with van der Waals surface area (Å²) in [5, 5.41) is 9.62. The van der Waals surface area contributed by atoms with Crippen molar-refractivity contribution in [1.29, 1.82) is 0 Å². The molecule has 5 heteroatoms. The first-order valence-corrected chi connectivity index (χ1v) is 5.71. The molecule has 0 aliphatic carbocycles. The summed E-state index contributed by atoms with van der Waals surface area (Å²) in [7, 11) is 0. The molecule has 0 spiro atoms. The van der Waals surface area contributed by atoms with Crippen molar-refractivity contribution in [2.45, 2.75) is 6.92 Å². The Morgan fingerprint density at radius 1 is 1.35 bits per heavy atom. The molecule has 0 aliphatic heterocycles. The standard InChI is InChI=1S/C12H11BrO4/c1-2-17-12(16)11(15)7-10(14)8-3-5-9(13)6-4-8/h3-7,14H,2H2,1H3/b10-7-.